The molecule has 0 aliphatic carbocycles. The van der Waals surface area contributed by atoms with Crippen molar-refractivity contribution in [2.75, 3.05) is 21.3 Å². The predicted octanol–water partition coefficient (Wildman–Crippen LogP) is 4.92. The zero-order chi connectivity index (χ0) is 24.4. The fourth-order valence-electron chi connectivity index (χ4n) is 3.57. The van der Waals surface area contributed by atoms with Gasteiger partial charge in [-0.25, -0.2) is 0 Å². The Hall–Kier alpha value is -3.39. The molecule has 2 aromatic carbocycles. The molecule has 8 heteroatoms. The normalized spacial score (nSPS) is 13.2. The van der Waals surface area contributed by atoms with E-state index in [1.807, 2.05) is 44.2 Å². The van der Waals surface area contributed by atoms with Crippen LogP contribution in [0.2, 0.25) is 0 Å². The molecule has 8 nitrogen and oxygen atoms in total. The summed E-state index contributed by atoms with van der Waals surface area (Å²) in [4.78, 5) is 22.4. The van der Waals surface area contributed by atoms with Gasteiger partial charge in [0, 0.05) is 11.5 Å². The smallest absolute Gasteiger partial charge is 0.314 e. The summed E-state index contributed by atoms with van der Waals surface area (Å²) in [5, 5.41) is 11.4. The average Bonchev–Trinajstić information content (AvgIpc) is 2.83. The van der Waals surface area contributed by atoms with Gasteiger partial charge in [0.05, 0.1) is 45.0 Å². The molecule has 0 radical (unpaired) electrons. The molecule has 0 saturated heterocycles. The van der Waals surface area contributed by atoms with E-state index in [1.54, 1.807) is 13.2 Å². The maximum Gasteiger partial charge on any atom is 0.314 e. The van der Waals surface area contributed by atoms with Gasteiger partial charge in [0.15, 0.2) is 5.75 Å². The van der Waals surface area contributed by atoms with E-state index < -0.39 is 4.92 Å². The largest absolute Gasteiger partial charge is 0.497 e. The molecule has 0 fully saturated rings. The second kappa shape index (κ2) is 12.6. The Kier molecular flexibility index (Phi) is 9.87. The van der Waals surface area contributed by atoms with Gasteiger partial charge >= 0.3 is 5.69 Å². The minimum atomic E-state index is -0.485. The summed E-state index contributed by atoms with van der Waals surface area (Å²) in [5.74, 6) is 1.06. The lowest BCUT2D eigenvalue weighted by molar-refractivity contribution is -0.385. The molecule has 2 aromatic rings. The first-order valence-electron chi connectivity index (χ1n) is 10.6. The Bertz CT molecular complexity index is 969. The summed E-state index contributed by atoms with van der Waals surface area (Å²) in [7, 11) is 4.49. The van der Waals surface area contributed by atoms with Crippen LogP contribution in [-0.4, -0.2) is 38.6 Å². The first kappa shape index (κ1) is 25.9. The van der Waals surface area contributed by atoms with Crippen molar-refractivity contribution in [1.82, 2.24) is 0 Å². The number of aryl methyl sites for hydroxylation is 1. The van der Waals surface area contributed by atoms with Gasteiger partial charge in [-0.3, -0.25) is 10.1 Å². The van der Waals surface area contributed by atoms with Crippen molar-refractivity contribution in [2.24, 2.45) is 5.92 Å². The van der Waals surface area contributed by atoms with E-state index in [9.17, 15) is 14.9 Å². The maximum absolute atomic E-state index is 11.5. The van der Waals surface area contributed by atoms with Gasteiger partial charge in [-0.1, -0.05) is 25.1 Å². The number of rotatable bonds is 13. The third-order valence-electron chi connectivity index (χ3n) is 5.37. The zero-order valence-corrected chi connectivity index (χ0v) is 19.7. The van der Waals surface area contributed by atoms with E-state index in [2.05, 4.69) is 0 Å². The van der Waals surface area contributed by atoms with Crippen molar-refractivity contribution in [3.05, 3.63) is 69.3 Å². The van der Waals surface area contributed by atoms with E-state index in [1.165, 1.54) is 20.3 Å². The molecule has 0 heterocycles. The van der Waals surface area contributed by atoms with E-state index >= 15 is 0 Å². The number of methoxy groups -OCH3 is 3. The van der Waals surface area contributed by atoms with E-state index in [0.717, 1.165) is 23.2 Å². The Labute approximate surface area is 194 Å². The Balaban J connectivity index is 2.14. The summed E-state index contributed by atoms with van der Waals surface area (Å²) in [6, 6.07) is 10.6. The van der Waals surface area contributed by atoms with Gasteiger partial charge in [0.2, 0.25) is 0 Å². The number of ether oxygens (including phenoxy) is 4. The van der Waals surface area contributed by atoms with Crippen molar-refractivity contribution in [2.45, 2.75) is 39.4 Å². The molecule has 2 atom stereocenters. The molecule has 0 saturated carbocycles. The summed E-state index contributed by atoms with van der Waals surface area (Å²) < 4.78 is 21.8. The SMILES string of the molecule is COc1ccc(CO[C@@H](/C(C)=C\CCc2cc(OC)cc([N+](=O)[O-])c2OC)[C@@H](C)C=O)cc1. The number of carbonyl (C=O) groups is 1. The second-order valence-corrected chi connectivity index (χ2v) is 7.66. The van der Waals surface area contributed by atoms with E-state index in [4.69, 9.17) is 18.9 Å². The average molecular weight is 458 g/mol. The number of nitrogens with zero attached hydrogens (tertiary/aromatic N) is 1. The number of carbonyl (C=O) groups excluding carboxylic acids is 1. The fourth-order valence-corrected chi connectivity index (χ4v) is 3.57. The zero-order valence-electron chi connectivity index (χ0n) is 19.7. The fraction of sp³-hybridized carbons (Fsp3) is 0.400. The second-order valence-electron chi connectivity index (χ2n) is 7.66. The minimum absolute atomic E-state index is 0.136. The molecule has 0 amide bonds. The molecule has 2 rings (SSSR count). The van der Waals surface area contributed by atoms with Gasteiger partial charge < -0.3 is 23.7 Å². The molecule has 0 unspecified atom stereocenters. The van der Waals surface area contributed by atoms with Crippen LogP contribution < -0.4 is 14.2 Å². The minimum Gasteiger partial charge on any atom is -0.497 e. The third kappa shape index (κ3) is 7.05. The van der Waals surface area contributed by atoms with Crippen molar-refractivity contribution >= 4 is 12.0 Å². The van der Waals surface area contributed by atoms with E-state index in [0.29, 0.717) is 30.8 Å². The van der Waals surface area contributed by atoms with Crippen LogP contribution in [0.5, 0.6) is 17.2 Å². The lowest BCUT2D eigenvalue weighted by atomic mass is 9.97. The molecular formula is C25H31NO7. The molecule has 0 N–H and O–H groups in total. The lowest BCUT2D eigenvalue weighted by Gasteiger charge is -2.22. The molecule has 0 aromatic heterocycles. The quantitative estimate of drug-likeness (QED) is 0.182. The number of benzene rings is 2. The highest BCUT2D eigenvalue weighted by molar-refractivity contribution is 5.57. The number of nitro groups is 1. The molecule has 0 aliphatic heterocycles. The van der Waals surface area contributed by atoms with Crippen LogP contribution in [0.25, 0.3) is 0 Å². The monoisotopic (exact) mass is 457 g/mol. The molecule has 0 aliphatic rings. The Morgan fingerprint density at radius 3 is 2.27 bits per heavy atom. The maximum atomic E-state index is 11.5. The number of nitro benzene ring substituents is 1. The van der Waals surface area contributed by atoms with Crippen LogP contribution in [0.1, 0.15) is 31.4 Å². The predicted molar refractivity (Wildman–Crippen MR) is 125 cm³/mol. The highest BCUT2D eigenvalue weighted by Crippen LogP contribution is 2.36. The van der Waals surface area contributed by atoms with Crippen molar-refractivity contribution in [3.63, 3.8) is 0 Å². The third-order valence-corrected chi connectivity index (χ3v) is 5.37. The summed E-state index contributed by atoms with van der Waals surface area (Å²) >= 11 is 0. The Morgan fingerprint density at radius 2 is 1.73 bits per heavy atom. The Morgan fingerprint density at radius 1 is 1.06 bits per heavy atom. The first-order valence-corrected chi connectivity index (χ1v) is 10.6. The van der Waals surface area contributed by atoms with Gasteiger partial charge in [-0.05, 0) is 49.1 Å². The van der Waals surface area contributed by atoms with Gasteiger partial charge in [-0.2, -0.15) is 0 Å². The topological polar surface area (TPSA) is 97.1 Å². The van der Waals surface area contributed by atoms with Crippen LogP contribution in [0.15, 0.2) is 48.0 Å². The molecule has 33 heavy (non-hydrogen) atoms. The summed E-state index contributed by atoms with van der Waals surface area (Å²) in [6.45, 7) is 4.09. The lowest BCUT2D eigenvalue weighted by Crippen LogP contribution is -2.24. The van der Waals surface area contributed by atoms with Crippen LogP contribution in [0.4, 0.5) is 5.69 Å². The number of hydrogen-bond donors (Lipinski definition) is 0. The molecular weight excluding hydrogens is 426 g/mol. The van der Waals surface area contributed by atoms with Crippen molar-refractivity contribution < 1.29 is 28.7 Å². The highest BCUT2D eigenvalue weighted by Gasteiger charge is 2.22. The van der Waals surface area contributed by atoms with Crippen LogP contribution in [0, 0.1) is 16.0 Å². The van der Waals surface area contributed by atoms with Crippen molar-refractivity contribution in [1.29, 1.82) is 0 Å². The first-order chi connectivity index (χ1) is 15.8. The summed E-state index contributed by atoms with van der Waals surface area (Å²) in [6.07, 6.45) is 3.57. The number of hydrogen-bond acceptors (Lipinski definition) is 7. The van der Waals surface area contributed by atoms with Crippen LogP contribution in [-0.2, 0) is 22.6 Å². The number of allylic oxidation sites excluding steroid dienone is 1. The van der Waals surface area contributed by atoms with Gasteiger partial charge in [0.25, 0.3) is 0 Å². The summed E-state index contributed by atoms with van der Waals surface area (Å²) in [5.41, 5.74) is 2.43. The molecule has 0 spiro atoms. The van der Waals surface area contributed by atoms with Gasteiger partial charge in [0.1, 0.15) is 17.8 Å². The molecule has 0 bridgehead atoms. The standard InChI is InChI=1S/C25H31NO7/c1-17(24(18(2)15-27)33-16-19-9-11-21(30-3)12-10-19)7-6-8-20-13-22(31-4)14-23(26(28)29)25(20)32-5/h7,9-15,18,24H,6,8,16H2,1-5H3/b17-7-/t18-,24-/m0/s1. The molecule has 178 valence electrons. The number of aldehydes is 1. The van der Waals surface area contributed by atoms with Crippen LogP contribution in [0.3, 0.4) is 0 Å². The van der Waals surface area contributed by atoms with Gasteiger partial charge in [-0.15, -0.1) is 0 Å². The highest BCUT2D eigenvalue weighted by atomic mass is 16.6. The van der Waals surface area contributed by atoms with Crippen molar-refractivity contribution in [3.8, 4) is 17.2 Å². The van der Waals surface area contributed by atoms with Crippen LogP contribution >= 0.6 is 0 Å². The van der Waals surface area contributed by atoms with E-state index in [-0.39, 0.29) is 23.5 Å².